The number of nitrogens with zero attached hydrogens (tertiary/aromatic N) is 1. The van der Waals surface area contributed by atoms with Crippen LogP contribution in [0.5, 0.6) is 23.0 Å². The van der Waals surface area contributed by atoms with Crippen LogP contribution in [-0.2, 0) is 6.61 Å². The molecule has 1 aliphatic carbocycles. The average molecular weight is 351 g/mol. The van der Waals surface area contributed by atoms with Gasteiger partial charge in [0, 0.05) is 29.1 Å². The summed E-state index contributed by atoms with van der Waals surface area (Å²) in [6, 6.07) is 8.07. The Labute approximate surface area is 149 Å². The number of phenols is 3. The number of hydrogen-bond acceptors (Lipinski definition) is 6. The predicted molar refractivity (Wildman–Crippen MR) is 98.4 cm³/mol. The lowest BCUT2D eigenvalue weighted by Crippen LogP contribution is -2.00. The zero-order chi connectivity index (χ0) is 18.6. The topological polar surface area (TPSA) is 103 Å². The van der Waals surface area contributed by atoms with E-state index in [4.69, 9.17) is 4.74 Å². The van der Waals surface area contributed by atoms with E-state index in [1.165, 1.54) is 19.2 Å². The first-order valence-electron chi connectivity index (χ1n) is 8.02. The van der Waals surface area contributed by atoms with E-state index in [2.05, 4.69) is 4.99 Å². The smallest absolute Gasteiger partial charge is 0.137 e. The Morgan fingerprint density at radius 2 is 1.77 bits per heavy atom. The summed E-state index contributed by atoms with van der Waals surface area (Å²) in [7, 11) is 3.08. The van der Waals surface area contributed by atoms with E-state index in [1.54, 1.807) is 25.2 Å². The molecule has 1 aliphatic rings. The van der Waals surface area contributed by atoms with Crippen LogP contribution in [0.15, 0.2) is 35.3 Å². The molecule has 0 radical (unpaired) electrons. The number of benzene rings is 3. The molecule has 0 saturated carbocycles. The molecule has 0 fully saturated rings. The summed E-state index contributed by atoms with van der Waals surface area (Å²) in [4.78, 5) is 4.29. The second-order valence-electron chi connectivity index (χ2n) is 6.10. The van der Waals surface area contributed by atoms with Crippen LogP contribution < -0.4 is 4.74 Å². The van der Waals surface area contributed by atoms with E-state index in [-0.39, 0.29) is 29.2 Å². The van der Waals surface area contributed by atoms with Crippen LogP contribution in [0.3, 0.4) is 0 Å². The minimum Gasteiger partial charge on any atom is -0.507 e. The van der Waals surface area contributed by atoms with Crippen molar-refractivity contribution in [2.24, 2.45) is 4.99 Å². The van der Waals surface area contributed by atoms with E-state index in [9.17, 15) is 20.4 Å². The van der Waals surface area contributed by atoms with Crippen molar-refractivity contribution in [3.63, 3.8) is 0 Å². The van der Waals surface area contributed by atoms with Gasteiger partial charge in [0.05, 0.1) is 30.4 Å². The zero-order valence-electron chi connectivity index (χ0n) is 14.2. The number of rotatable bonds is 2. The number of aliphatic imine (C=N–C) groups is 1. The second kappa shape index (κ2) is 5.64. The highest BCUT2D eigenvalue weighted by atomic mass is 16.5. The third-order valence-corrected chi connectivity index (χ3v) is 4.77. The average Bonchev–Trinajstić information content (AvgIpc) is 2.97. The number of fused-ring (bicyclic) bond motifs is 4. The Bertz CT molecular complexity index is 1100. The van der Waals surface area contributed by atoms with Crippen LogP contribution in [0.2, 0.25) is 0 Å². The lowest BCUT2D eigenvalue weighted by Gasteiger charge is -2.15. The summed E-state index contributed by atoms with van der Waals surface area (Å²) in [6.45, 7) is -0.236. The van der Waals surface area contributed by atoms with Gasteiger partial charge >= 0.3 is 0 Å². The lowest BCUT2D eigenvalue weighted by molar-refractivity contribution is 0.281. The normalized spacial score (nSPS) is 13.9. The fourth-order valence-electron chi connectivity index (χ4n) is 3.74. The molecule has 6 heteroatoms. The minimum atomic E-state index is -0.236. The highest BCUT2D eigenvalue weighted by Crippen LogP contribution is 2.55. The van der Waals surface area contributed by atoms with Gasteiger partial charge in [-0.25, -0.2) is 0 Å². The van der Waals surface area contributed by atoms with Crippen molar-refractivity contribution in [1.82, 2.24) is 0 Å². The van der Waals surface area contributed by atoms with Gasteiger partial charge in [0.2, 0.25) is 0 Å². The van der Waals surface area contributed by atoms with Crippen LogP contribution in [0.4, 0.5) is 0 Å². The molecule has 3 aromatic rings. The maximum Gasteiger partial charge on any atom is 0.137 e. The van der Waals surface area contributed by atoms with E-state index < -0.39 is 0 Å². The molecule has 3 aromatic carbocycles. The molecule has 0 atom stereocenters. The summed E-state index contributed by atoms with van der Waals surface area (Å²) >= 11 is 0. The molecule has 6 nitrogen and oxygen atoms in total. The number of aliphatic hydroxyl groups is 1. The van der Waals surface area contributed by atoms with Crippen molar-refractivity contribution in [2.45, 2.75) is 6.61 Å². The molecule has 4 N–H and O–H groups in total. The van der Waals surface area contributed by atoms with E-state index in [0.29, 0.717) is 44.7 Å². The molecule has 0 aromatic heterocycles. The Kier molecular flexibility index (Phi) is 3.52. The van der Waals surface area contributed by atoms with Crippen molar-refractivity contribution in [2.75, 3.05) is 14.2 Å². The molecule has 132 valence electrons. The minimum absolute atomic E-state index is 0.0383. The van der Waals surface area contributed by atoms with Gasteiger partial charge < -0.3 is 25.2 Å². The Morgan fingerprint density at radius 3 is 2.42 bits per heavy atom. The molecule has 0 bridgehead atoms. The summed E-state index contributed by atoms with van der Waals surface area (Å²) < 4.78 is 5.60. The largest absolute Gasteiger partial charge is 0.507 e. The molecule has 0 heterocycles. The fraction of sp³-hybridized carbons (Fsp3) is 0.150. The van der Waals surface area contributed by atoms with Crippen molar-refractivity contribution in [3.8, 4) is 34.1 Å². The molecule has 0 unspecified atom stereocenters. The number of aliphatic hydroxyl groups excluding tert-OH is 1. The van der Waals surface area contributed by atoms with Crippen LogP contribution in [0.25, 0.3) is 21.9 Å². The van der Waals surface area contributed by atoms with Gasteiger partial charge in [-0.2, -0.15) is 0 Å². The monoisotopic (exact) mass is 351 g/mol. The van der Waals surface area contributed by atoms with Crippen molar-refractivity contribution >= 4 is 16.5 Å². The van der Waals surface area contributed by atoms with Crippen molar-refractivity contribution < 1.29 is 25.2 Å². The van der Waals surface area contributed by atoms with Gasteiger partial charge in [-0.3, -0.25) is 4.99 Å². The highest BCUT2D eigenvalue weighted by molar-refractivity contribution is 6.30. The highest BCUT2D eigenvalue weighted by Gasteiger charge is 2.35. The zero-order valence-corrected chi connectivity index (χ0v) is 14.2. The summed E-state index contributed by atoms with van der Waals surface area (Å²) in [6.07, 6.45) is 0. The van der Waals surface area contributed by atoms with Gasteiger partial charge in [0.1, 0.15) is 23.0 Å². The molecular formula is C20H17NO5. The van der Waals surface area contributed by atoms with Gasteiger partial charge in [-0.05, 0) is 23.8 Å². The first kappa shape index (κ1) is 16.2. The molecule has 0 saturated heterocycles. The van der Waals surface area contributed by atoms with Crippen molar-refractivity contribution in [3.05, 3.63) is 47.0 Å². The molecule has 4 rings (SSSR count). The number of ether oxygens (including phenoxy) is 1. The van der Waals surface area contributed by atoms with E-state index in [0.717, 1.165) is 0 Å². The number of phenolic OH excluding ortho intramolecular Hbond substituents is 3. The number of aromatic hydroxyl groups is 3. The molecule has 26 heavy (non-hydrogen) atoms. The Hall–Kier alpha value is -3.25. The molecule has 0 aliphatic heterocycles. The van der Waals surface area contributed by atoms with Gasteiger partial charge in [-0.1, -0.05) is 12.1 Å². The first-order valence-corrected chi connectivity index (χ1v) is 8.02. The number of hydrogen-bond donors (Lipinski definition) is 4. The molecular weight excluding hydrogens is 334 g/mol. The third-order valence-electron chi connectivity index (χ3n) is 4.77. The molecule has 0 amide bonds. The van der Waals surface area contributed by atoms with Gasteiger partial charge in [-0.15, -0.1) is 0 Å². The number of methoxy groups -OCH3 is 1. The van der Waals surface area contributed by atoms with Crippen LogP contribution in [0, 0.1) is 0 Å². The summed E-state index contributed by atoms with van der Waals surface area (Å²) in [5.74, 6) is 0.183. The Morgan fingerprint density at radius 1 is 1.00 bits per heavy atom. The lowest BCUT2D eigenvalue weighted by atomic mass is 9.96. The first-order chi connectivity index (χ1) is 12.5. The van der Waals surface area contributed by atoms with Crippen LogP contribution in [-0.4, -0.2) is 40.3 Å². The standard InChI is InChI=1S/C20H17NO5/c1-21-18-11-6-9(8-22)7-13(24)14(11)16-17(18)19(25)15-10(20(16)26-2)4-3-5-12(15)23/h3-7,22-25H,8H2,1-2H3. The fourth-order valence-corrected chi connectivity index (χ4v) is 3.74. The van der Waals surface area contributed by atoms with Gasteiger partial charge in [0.15, 0.2) is 0 Å². The van der Waals surface area contributed by atoms with E-state index >= 15 is 0 Å². The summed E-state index contributed by atoms with van der Waals surface area (Å²) in [5.41, 5.74) is 2.96. The van der Waals surface area contributed by atoms with Crippen LogP contribution >= 0.6 is 0 Å². The summed E-state index contributed by atoms with van der Waals surface area (Å²) in [5, 5.41) is 42.0. The third kappa shape index (κ3) is 1.93. The van der Waals surface area contributed by atoms with Crippen molar-refractivity contribution in [1.29, 1.82) is 0 Å². The maximum atomic E-state index is 10.9. The SMILES string of the molecule is CN=C1c2cc(CO)cc(O)c2-c2c1c(O)c1c(O)cccc1c2OC. The molecule has 0 spiro atoms. The predicted octanol–water partition coefficient (Wildman–Crippen LogP) is 2.91. The second-order valence-corrected chi connectivity index (χ2v) is 6.10. The Balaban J connectivity index is 2.25. The van der Waals surface area contributed by atoms with E-state index in [1.807, 2.05) is 0 Å². The van der Waals surface area contributed by atoms with Crippen LogP contribution in [0.1, 0.15) is 16.7 Å². The maximum absolute atomic E-state index is 10.9. The van der Waals surface area contributed by atoms with Gasteiger partial charge in [0.25, 0.3) is 0 Å². The quantitative estimate of drug-likeness (QED) is 0.445.